The zero-order valence-electron chi connectivity index (χ0n) is 12.7. The third-order valence-corrected chi connectivity index (χ3v) is 4.54. The number of methoxy groups -OCH3 is 2. The van der Waals surface area contributed by atoms with Gasteiger partial charge in [0.25, 0.3) is 0 Å². The molecule has 1 unspecified atom stereocenters. The molecule has 1 aromatic rings. The zero-order chi connectivity index (χ0) is 15.0. The van der Waals surface area contributed by atoms with Gasteiger partial charge in [-0.2, -0.15) is 11.8 Å². The molecular weight excluding hydrogens is 338 g/mol. The number of benzene rings is 1. The molecule has 3 nitrogen and oxygen atoms in total. The Labute approximate surface area is 134 Å². The number of hydrogen-bond donors (Lipinski definition) is 1. The van der Waals surface area contributed by atoms with Gasteiger partial charge in [-0.1, -0.05) is 6.92 Å². The van der Waals surface area contributed by atoms with Crippen LogP contribution in [0.15, 0.2) is 16.6 Å². The first-order valence-electron chi connectivity index (χ1n) is 6.82. The van der Waals surface area contributed by atoms with Crippen molar-refractivity contribution >= 4 is 27.7 Å². The first-order chi connectivity index (χ1) is 9.69. The molecule has 1 rings (SSSR count). The third kappa shape index (κ3) is 4.57. The molecule has 1 aromatic carbocycles. The summed E-state index contributed by atoms with van der Waals surface area (Å²) in [4.78, 5) is 0. The standard InChI is InChI=1S/C15H24BrNO2S/c1-5-9-17-12(8-10-20-4)11-6-7-13(18-2)14(16)15(11)19-3/h6-7,12,17H,5,8-10H2,1-4H3. The fraction of sp³-hybridized carbons (Fsp3) is 0.600. The molecule has 0 aliphatic heterocycles. The highest BCUT2D eigenvalue weighted by Crippen LogP contribution is 2.40. The molecule has 5 heteroatoms. The Morgan fingerprint density at radius 1 is 1.30 bits per heavy atom. The molecule has 0 bridgehead atoms. The first kappa shape index (κ1) is 17.7. The number of rotatable bonds is 9. The van der Waals surface area contributed by atoms with Crippen molar-refractivity contribution in [1.29, 1.82) is 0 Å². The quantitative estimate of drug-likeness (QED) is 0.711. The van der Waals surface area contributed by atoms with Crippen molar-refractivity contribution in [2.24, 2.45) is 0 Å². The highest BCUT2D eigenvalue weighted by Gasteiger charge is 2.19. The average molecular weight is 362 g/mol. The molecular formula is C15H24BrNO2S. The van der Waals surface area contributed by atoms with Crippen molar-refractivity contribution in [3.8, 4) is 11.5 Å². The van der Waals surface area contributed by atoms with Crippen molar-refractivity contribution < 1.29 is 9.47 Å². The highest BCUT2D eigenvalue weighted by molar-refractivity contribution is 9.10. The summed E-state index contributed by atoms with van der Waals surface area (Å²) in [5.74, 6) is 2.78. The van der Waals surface area contributed by atoms with Gasteiger partial charge in [0, 0.05) is 11.6 Å². The predicted octanol–water partition coefficient (Wildman–Crippen LogP) is 4.26. The summed E-state index contributed by atoms with van der Waals surface area (Å²) in [5.41, 5.74) is 1.18. The number of nitrogens with one attached hydrogen (secondary N) is 1. The average Bonchev–Trinajstić information content (AvgIpc) is 2.47. The summed E-state index contributed by atoms with van der Waals surface area (Å²) in [6.45, 7) is 3.19. The van der Waals surface area contributed by atoms with Crippen LogP contribution in [-0.4, -0.2) is 32.8 Å². The fourth-order valence-corrected chi connectivity index (χ4v) is 3.27. The van der Waals surface area contributed by atoms with Crippen molar-refractivity contribution in [1.82, 2.24) is 5.32 Å². The molecule has 0 aliphatic carbocycles. The van der Waals surface area contributed by atoms with E-state index in [1.54, 1.807) is 14.2 Å². The van der Waals surface area contributed by atoms with E-state index in [4.69, 9.17) is 9.47 Å². The van der Waals surface area contributed by atoms with E-state index < -0.39 is 0 Å². The summed E-state index contributed by atoms with van der Waals surface area (Å²) in [6.07, 6.45) is 4.34. The molecule has 1 N–H and O–H groups in total. The van der Waals surface area contributed by atoms with Crippen LogP contribution in [0.2, 0.25) is 0 Å². The molecule has 0 aromatic heterocycles. The molecule has 0 radical (unpaired) electrons. The molecule has 20 heavy (non-hydrogen) atoms. The SMILES string of the molecule is CCCNC(CCSC)c1ccc(OC)c(Br)c1OC. The van der Waals surface area contributed by atoms with E-state index in [9.17, 15) is 0 Å². The number of hydrogen-bond acceptors (Lipinski definition) is 4. The van der Waals surface area contributed by atoms with E-state index in [0.717, 1.165) is 41.1 Å². The number of halogens is 1. The Balaban J connectivity index is 3.07. The van der Waals surface area contributed by atoms with Crippen LogP contribution in [0.5, 0.6) is 11.5 Å². The van der Waals surface area contributed by atoms with Crippen LogP contribution < -0.4 is 14.8 Å². The minimum absolute atomic E-state index is 0.305. The Bertz CT molecular complexity index is 407. The minimum Gasteiger partial charge on any atom is -0.495 e. The molecule has 0 spiro atoms. The number of thioether (sulfide) groups is 1. The first-order valence-corrected chi connectivity index (χ1v) is 9.00. The van der Waals surface area contributed by atoms with Crippen molar-refractivity contribution in [3.63, 3.8) is 0 Å². The minimum atomic E-state index is 0.305. The molecule has 0 fully saturated rings. The normalized spacial score (nSPS) is 12.2. The van der Waals surface area contributed by atoms with Gasteiger partial charge in [0.1, 0.15) is 16.0 Å². The molecule has 114 valence electrons. The van der Waals surface area contributed by atoms with Gasteiger partial charge in [-0.25, -0.2) is 0 Å². The molecule has 0 heterocycles. The highest BCUT2D eigenvalue weighted by atomic mass is 79.9. The summed E-state index contributed by atoms with van der Waals surface area (Å²) in [6, 6.07) is 4.39. The second kappa shape index (κ2) is 9.53. The van der Waals surface area contributed by atoms with Crippen molar-refractivity contribution in [2.45, 2.75) is 25.8 Å². The van der Waals surface area contributed by atoms with Crippen LogP contribution in [0.1, 0.15) is 31.4 Å². The second-order valence-electron chi connectivity index (χ2n) is 4.49. The molecule has 0 aliphatic rings. The van der Waals surface area contributed by atoms with Gasteiger partial charge >= 0.3 is 0 Å². The smallest absolute Gasteiger partial charge is 0.141 e. The van der Waals surface area contributed by atoms with Crippen LogP contribution in [-0.2, 0) is 0 Å². The maximum absolute atomic E-state index is 5.59. The van der Waals surface area contributed by atoms with Crippen LogP contribution in [0.25, 0.3) is 0 Å². The fourth-order valence-electron chi connectivity index (χ4n) is 2.11. The van der Waals surface area contributed by atoms with E-state index in [-0.39, 0.29) is 0 Å². The third-order valence-electron chi connectivity index (χ3n) is 3.14. The van der Waals surface area contributed by atoms with Crippen molar-refractivity contribution in [2.75, 3.05) is 32.8 Å². The van der Waals surface area contributed by atoms with Crippen LogP contribution in [0, 0.1) is 0 Å². The second-order valence-corrected chi connectivity index (χ2v) is 6.27. The number of ether oxygens (including phenoxy) is 2. The maximum atomic E-state index is 5.59. The van der Waals surface area contributed by atoms with Crippen LogP contribution in [0.4, 0.5) is 0 Å². The monoisotopic (exact) mass is 361 g/mol. The van der Waals surface area contributed by atoms with E-state index in [0.29, 0.717) is 6.04 Å². The summed E-state index contributed by atoms with van der Waals surface area (Å²) in [7, 11) is 3.37. The molecule has 0 saturated heterocycles. The molecule has 0 amide bonds. The Morgan fingerprint density at radius 2 is 2.05 bits per heavy atom. The summed E-state index contributed by atoms with van der Waals surface area (Å²) in [5, 5.41) is 3.60. The van der Waals surface area contributed by atoms with Gasteiger partial charge in [0.15, 0.2) is 0 Å². The van der Waals surface area contributed by atoms with Gasteiger partial charge in [-0.3, -0.25) is 0 Å². The topological polar surface area (TPSA) is 30.5 Å². The van der Waals surface area contributed by atoms with E-state index in [1.165, 1.54) is 5.56 Å². The summed E-state index contributed by atoms with van der Waals surface area (Å²) < 4.78 is 11.8. The van der Waals surface area contributed by atoms with E-state index in [2.05, 4.69) is 40.5 Å². The lowest BCUT2D eigenvalue weighted by Crippen LogP contribution is -2.23. The van der Waals surface area contributed by atoms with E-state index in [1.807, 2.05) is 17.8 Å². The Morgan fingerprint density at radius 3 is 2.60 bits per heavy atom. The van der Waals surface area contributed by atoms with Gasteiger partial charge in [0.05, 0.1) is 14.2 Å². The van der Waals surface area contributed by atoms with Gasteiger partial charge in [-0.05, 0) is 59.5 Å². The lowest BCUT2D eigenvalue weighted by atomic mass is 10.0. The van der Waals surface area contributed by atoms with Gasteiger partial charge in [0.2, 0.25) is 0 Å². The lowest BCUT2D eigenvalue weighted by Gasteiger charge is -2.22. The molecule has 0 saturated carbocycles. The Kier molecular flexibility index (Phi) is 8.41. The lowest BCUT2D eigenvalue weighted by molar-refractivity contribution is 0.378. The molecule has 1 atom stereocenters. The van der Waals surface area contributed by atoms with Gasteiger partial charge < -0.3 is 14.8 Å². The van der Waals surface area contributed by atoms with Crippen LogP contribution in [0.3, 0.4) is 0 Å². The maximum Gasteiger partial charge on any atom is 0.141 e. The van der Waals surface area contributed by atoms with Crippen LogP contribution >= 0.6 is 27.7 Å². The van der Waals surface area contributed by atoms with Crippen molar-refractivity contribution in [3.05, 3.63) is 22.2 Å². The zero-order valence-corrected chi connectivity index (χ0v) is 15.1. The summed E-state index contributed by atoms with van der Waals surface area (Å²) >= 11 is 5.44. The van der Waals surface area contributed by atoms with Gasteiger partial charge in [-0.15, -0.1) is 0 Å². The Hall–Kier alpha value is -0.390. The largest absolute Gasteiger partial charge is 0.495 e. The van der Waals surface area contributed by atoms with E-state index >= 15 is 0 Å². The predicted molar refractivity (Wildman–Crippen MR) is 91.3 cm³/mol.